The van der Waals surface area contributed by atoms with Crippen molar-refractivity contribution in [3.63, 3.8) is 0 Å². The van der Waals surface area contributed by atoms with Gasteiger partial charge in [-0.1, -0.05) is 25.0 Å². The highest BCUT2D eigenvalue weighted by molar-refractivity contribution is 7.91. The van der Waals surface area contributed by atoms with Crippen molar-refractivity contribution in [3.05, 3.63) is 42.6 Å². The van der Waals surface area contributed by atoms with Gasteiger partial charge in [0.15, 0.2) is 5.11 Å². The molecule has 15 heteroatoms. The van der Waals surface area contributed by atoms with E-state index in [1.807, 2.05) is 30.4 Å². The van der Waals surface area contributed by atoms with E-state index in [-0.39, 0.29) is 36.3 Å². The Kier molecular flexibility index (Phi) is 9.29. The number of amides is 3. The molecule has 0 bridgehead atoms. The van der Waals surface area contributed by atoms with Gasteiger partial charge in [-0.15, -0.1) is 0 Å². The lowest BCUT2D eigenvalue weighted by Gasteiger charge is -2.30. The standard InChI is InChI=1S/C32H40N6O7S2/c1-44-21-9-12-24-19(15-21)13-14-34-28(24)45-22-16-26-27(39)36-32(30(41)37-47(42,43)23-10-11-23)17-20(32)7-5-3-2-4-6-8-25(35-31(33)46)29(40)38(26)18-22/h5,7,9,12-15,20,22-23,25-26H,2-4,6,8,10-11,16-18H2,1H3,(H,36,39)(H,37,41)(H3,33,35,46)/t20-,22-,25+,26+,32-/m1/s1. The number of thiocarbonyl (C=S) groups is 1. The minimum Gasteiger partial charge on any atom is -0.497 e. The molecule has 6 rings (SSSR count). The Balaban J connectivity index is 1.30. The van der Waals surface area contributed by atoms with Crippen molar-refractivity contribution in [3.8, 4) is 11.6 Å². The first-order valence-corrected chi connectivity index (χ1v) is 18.0. The summed E-state index contributed by atoms with van der Waals surface area (Å²) < 4.78 is 39.3. The predicted octanol–water partition coefficient (Wildman–Crippen LogP) is 1.80. The molecule has 2 aliphatic carbocycles. The summed E-state index contributed by atoms with van der Waals surface area (Å²) in [5.74, 6) is -1.06. The van der Waals surface area contributed by atoms with Crippen molar-refractivity contribution >= 4 is 55.8 Å². The van der Waals surface area contributed by atoms with Crippen LogP contribution in [-0.4, -0.2) is 83.8 Å². The highest BCUT2D eigenvalue weighted by Crippen LogP contribution is 2.46. The molecule has 3 fully saturated rings. The fourth-order valence-corrected chi connectivity index (χ4v) is 8.03. The molecule has 1 saturated heterocycles. The van der Waals surface area contributed by atoms with E-state index < -0.39 is 50.8 Å². The number of rotatable bonds is 7. The lowest BCUT2D eigenvalue weighted by atomic mass is 10.1. The van der Waals surface area contributed by atoms with Gasteiger partial charge in [0, 0.05) is 23.9 Å². The summed E-state index contributed by atoms with van der Waals surface area (Å²) in [5.41, 5.74) is 4.36. The number of carbonyl (C=O) groups excluding carboxylic acids is 3. The maximum Gasteiger partial charge on any atom is 0.259 e. The highest BCUT2D eigenvalue weighted by atomic mass is 32.2. The molecule has 2 aliphatic heterocycles. The van der Waals surface area contributed by atoms with Crippen LogP contribution in [0.1, 0.15) is 57.8 Å². The number of hydrogen-bond acceptors (Lipinski definition) is 9. The van der Waals surface area contributed by atoms with E-state index in [9.17, 15) is 22.8 Å². The van der Waals surface area contributed by atoms with Gasteiger partial charge < -0.3 is 30.7 Å². The summed E-state index contributed by atoms with van der Waals surface area (Å²) in [6, 6.07) is 5.55. The van der Waals surface area contributed by atoms with Gasteiger partial charge >= 0.3 is 0 Å². The number of benzene rings is 1. The Morgan fingerprint density at radius 2 is 1.98 bits per heavy atom. The van der Waals surface area contributed by atoms with Crippen molar-refractivity contribution < 1.29 is 32.3 Å². The van der Waals surface area contributed by atoms with Crippen LogP contribution in [0.25, 0.3) is 10.8 Å². The zero-order chi connectivity index (χ0) is 33.3. The Labute approximate surface area is 279 Å². The van der Waals surface area contributed by atoms with Gasteiger partial charge in [0.2, 0.25) is 27.7 Å². The average Bonchev–Trinajstić information content (AvgIpc) is 3.96. The second-order valence-corrected chi connectivity index (χ2v) is 15.2. The molecule has 1 aromatic heterocycles. The normalized spacial score (nSPS) is 28.2. The first-order chi connectivity index (χ1) is 22.5. The van der Waals surface area contributed by atoms with E-state index >= 15 is 0 Å². The number of allylic oxidation sites excluding steroid dienone is 1. The molecule has 5 N–H and O–H groups in total. The summed E-state index contributed by atoms with van der Waals surface area (Å²) >= 11 is 5.09. The van der Waals surface area contributed by atoms with Crippen LogP contribution in [0, 0.1) is 5.92 Å². The molecule has 0 unspecified atom stereocenters. The van der Waals surface area contributed by atoms with Gasteiger partial charge in [-0.3, -0.25) is 19.1 Å². The zero-order valence-corrected chi connectivity index (χ0v) is 27.8. The van der Waals surface area contributed by atoms with Crippen LogP contribution in [0.5, 0.6) is 11.6 Å². The topological polar surface area (TPSA) is 182 Å². The molecule has 2 saturated carbocycles. The van der Waals surface area contributed by atoms with E-state index in [2.05, 4.69) is 20.3 Å². The SMILES string of the molecule is COc1ccc2c(O[C@@H]3C[C@H]4C(=O)N[C@]5(C(=O)NS(=O)(=O)C6CC6)C[C@H]5C=CCCCCC[C@H](NC(N)=S)C(=O)N4C3)nccc2c1. The monoisotopic (exact) mass is 684 g/mol. The molecule has 4 aliphatic rings. The summed E-state index contributed by atoms with van der Waals surface area (Å²) in [5, 5.41) is 6.74. The quantitative estimate of drug-likeness (QED) is 0.247. The number of pyridine rings is 1. The number of nitrogens with one attached hydrogen (secondary N) is 3. The van der Waals surface area contributed by atoms with E-state index in [1.165, 1.54) is 4.90 Å². The summed E-state index contributed by atoms with van der Waals surface area (Å²) in [4.78, 5) is 47.7. The van der Waals surface area contributed by atoms with Crippen molar-refractivity contribution in [1.29, 1.82) is 0 Å². The number of hydrogen-bond donors (Lipinski definition) is 4. The fraction of sp³-hybridized carbons (Fsp3) is 0.531. The number of nitrogens with two attached hydrogens (primary N) is 1. The Morgan fingerprint density at radius 1 is 1.17 bits per heavy atom. The number of ether oxygens (including phenoxy) is 2. The Bertz CT molecular complexity index is 1710. The third kappa shape index (κ3) is 7.15. The molecule has 0 radical (unpaired) electrons. The maximum atomic E-state index is 14.1. The summed E-state index contributed by atoms with van der Waals surface area (Å²) in [6.07, 6.45) is 9.81. The first kappa shape index (κ1) is 32.9. The van der Waals surface area contributed by atoms with Gasteiger partial charge in [0.1, 0.15) is 29.5 Å². The van der Waals surface area contributed by atoms with Crippen LogP contribution in [0.4, 0.5) is 0 Å². The number of nitrogens with zero attached hydrogens (tertiary/aromatic N) is 2. The van der Waals surface area contributed by atoms with Crippen LogP contribution in [0.3, 0.4) is 0 Å². The third-order valence-electron chi connectivity index (χ3n) is 9.37. The Morgan fingerprint density at radius 3 is 2.72 bits per heavy atom. The maximum absolute atomic E-state index is 14.1. The molecule has 1 aromatic carbocycles. The molecule has 5 atom stereocenters. The minimum atomic E-state index is -3.85. The van der Waals surface area contributed by atoms with Crippen molar-refractivity contribution in [1.82, 2.24) is 25.2 Å². The second-order valence-electron chi connectivity index (χ2n) is 12.8. The molecular formula is C32H40N6O7S2. The highest BCUT2D eigenvalue weighted by Gasteiger charge is 2.62. The van der Waals surface area contributed by atoms with Crippen molar-refractivity contribution in [2.75, 3.05) is 13.7 Å². The number of methoxy groups -OCH3 is 1. The number of fused-ring (bicyclic) bond motifs is 3. The van der Waals surface area contributed by atoms with Crippen LogP contribution in [0.2, 0.25) is 0 Å². The van der Waals surface area contributed by atoms with Gasteiger partial charge in [-0.2, -0.15) is 0 Å². The third-order valence-corrected chi connectivity index (χ3v) is 11.3. The lowest BCUT2D eigenvalue weighted by molar-refractivity contribution is -0.141. The van der Waals surface area contributed by atoms with E-state index in [1.54, 1.807) is 19.4 Å². The molecule has 47 heavy (non-hydrogen) atoms. The smallest absolute Gasteiger partial charge is 0.259 e. The molecule has 0 spiro atoms. The molecule has 252 valence electrons. The summed E-state index contributed by atoms with van der Waals surface area (Å²) in [7, 11) is -2.26. The first-order valence-electron chi connectivity index (χ1n) is 16.0. The Hall–Kier alpha value is -3.98. The molecule has 2 aromatic rings. The number of carbonyl (C=O) groups is 3. The predicted molar refractivity (Wildman–Crippen MR) is 178 cm³/mol. The van der Waals surface area contributed by atoms with E-state index in [4.69, 9.17) is 27.4 Å². The van der Waals surface area contributed by atoms with Gasteiger partial charge in [-0.25, -0.2) is 13.4 Å². The number of sulfonamides is 1. The van der Waals surface area contributed by atoms with E-state index in [0.29, 0.717) is 30.9 Å². The van der Waals surface area contributed by atoms with Gasteiger partial charge in [0.05, 0.1) is 18.9 Å². The molecule has 3 heterocycles. The molecule has 3 amide bonds. The van der Waals surface area contributed by atoms with Crippen LogP contribution in [0.15, 0.2) is 42.6 Å². The molecule has 13 nitrogen and oxygen atoms in total. The zero-order valence-electron chi connectivity index (χ0n) is 26.1. The van der Waals surface area contributed by atoms with Gasteiger partial charge in [-0.05, 0) is 80.4 Å². The van der Waals surface area contributed by atoms with Gasteiger partial charge in [0.25, 0.3) is 5.91 Å². The lowest BCUT2D eigenvalue weighted by Crippen LogP contribution is -2.58. The second kappa shape index (κ2) is 13.3. The molecular weight excluding hydrogens is 645 g/mol. The average molecular weight is 685 g/mol. The van der Waals surface area contributed by atoms with Crippen LogP contribution < -0.4 is 30.6 Å². The van der Waals surface area contributed by atoms with Crippen LogP contribution >= 0.6 is 12.2 Å². The largest absolute Gasteiger partial charge is 0.497 e. The fourth-order valence-electron chi connectivity index (χ4n) is 6.53. The number of aromatic nitrogens is 1. The van der Waals surface area contributed by atoms with E-state index in [0.717, 1.165) is 36.5 Å². The minimum absolute atomic E-state index is 0.0269. The summed E-state index contributed by atoms with van der Waals surface area (Å²) in [6.45, 7) is 0.0687. The van der Waals surface area contributed by atoms with Crippen molar-refractivity contribution in [2.24, 2.45) is 11.7 Å². The van der Waals surface area contributed by atoms with Crippen LogP contribution in [-0.2, 0) is 24.4 Å². The van der Waals surface area contributed by atoms with Crippen molar-refractivity contribution in [2.45, 2.75) is 86.8 Å².